The van der Waals surface area contributed by atoms with E-state index in [0.717, 1.165) is 20.8 Å². The van der Waals surface area contributed by atoms with Crippen molar-refractivity contribution < 1.29 is 89.7 Å². The minimum Gasteiger partial charge on any atom is -0.549 e. The van der Waals surface area contributed by atoms with Gasteiger partial charge in [-0.25, -0.2) is 14.4 Å². The molecule has 16 heteroatoms. The third-order valence-corrected chi connectivity index (χ3v) is 5.29. The second-order valence-electron chi connectivity index (χ2n) is 9.56. The first-order valence-corrected chi connectivity index (χ1v) is 13.2. The molecule has 0 aliphatic heterocycles. The van der Waals surface area contributed by atoms with E-state index in [2.05, 4.69) is 33.9 Å². The summed E-state index contributed by atoms with van der Waals surface area (Å²) in [5.41, 5.74) is 0.675. The normalized spacial score (nSPS) is 11.3. The molecule has 0 aromatic heterocycles. The van der Waals surface area contributed by atoms with Gasteiger partial charge in [-0.1, -0.05) is 19.7 Å². The molecule has 0 aromatic rings. The van der Waals surface area contributed by atoms with Crippen molar-refractivity contribution in [3.63, 3.8) is 0 Å². The molecule has 0 bridgehead atoms. The second-order valence-corrected chi connectivity index (χ2v) is 9.56. The van der Waals surface area contributed by atoms with Crippen LogP contribution >= 0.6 is 0 Å². The van der Waals surface area contributed by atoms with E-state index in [1.807, 2.05) is 0 Å². The van der Waals surface area contributed by atoms with E-state index in [0.29, 0.717) is 0 Å². The topological polar surface area (TPSA) is 250 Å². The number of rotatable bonds is 18. The van der Waals surface area contributed by atoms with Crippen molar-refractivity contribution >= 4 is 53.2 Å². The van der Waals surface area contributed by atoms with Gasteiger partial charge in [-0.15, -0.1) is 0 Å². The number of hydrogen-bond acceptors (Lipinski definition) is 15. The number of aliphatic carboxylic acids is 3. The maximum atomic E-state index is 10.9. The fourth-order valence-corrected chi connectivity index (χ4v) is 2.64. The zero-order valence-electron chi connectivity index (χ0n) is 26.6. The summed E-state index contributed by atoms with van der Waals surface area (Å²) < 4.78 is 14.0. The fraction of sp³-hybridized carbons (Fsp3) is 0.500. The van der Waals surface area contributed by atoms with Crippen LogP contribution in [0.5, 0.6) is 0 Å². The van der Waals surface area contributed by atoms with E-state index < -0.39 is 70.9 Å². The van der Waals surface area contributed by atoms with Crippen LogP contribution in [0.25, 0.3) is 0 Å². The molecule has 0 heterocycles. The number of ether oxygens (including phenoxy) is 3. The average molecular weight is 695 g/mol. The summed E-state index contributed by atoms with van der Waals surface area (Å²) in [4.78, 5) is 96.5. The number of Topliss-reactive ketones (excluding diaryl/α,β-unsaturated/α-hetero) is 3. The van der Waals surface area contributed by atoms with Crippen LogP contribution in [-0.2, 0) is 74.4 Å². The summed E-state index contributed by atoms with van der Waals surface area (Å²) in [6, 6.07) is 0. The molecule has 15 nitrogen and oxygen atoms in total. The molecule has 0 aliphatic carbocycles. The Hall–Kier alpha value is -4.43. The standard InChI is InChI=1S/3C10H14O5.Fe/c3*1-6(2)10(14)15-5-4-8(7(3)11)9(12)13;/h3*8H,1,4-5H2,2-3H3,(H,12,13);/q;;;+3/p-3. The Bertz CT molecular complexity index is 984. The minimum absolute atomic E-state index is 0. The number of carbonyl (C=O) groups excluding carboxylic acids is 9. The Balaban J connectivity index is -0.000000285. The number of carboxylic acid groups (broad SMARTS) is 3. The van der Waals surface area contributed by atoms with Crippen LogP contribution in [0.1, 0.15) is 60.8 Å². The molecule has 0 amide bonds. The number of carboxylic acids is 3. The van der Waals surface area contributed by atoms with Crippen LogP contribution in [0.2, 0.25) is 0 Å². The molecule has 0 aliphatic rings. The van der Waals surface area contributed by atoms with Crippen LogP contribution in [0.3, 0.4) is 0 Å². The molecule has 0 aromatic carbocycles. The SMILES string of the molecule is C=C(C)C(=O)OCCC(C(C)=O)C(=O)[O-].C=C(C)C(=O)OCCC(C(C)=O)C(=O)[O-].C=C(C)C(=O)OCCC(C(C)=O)C(=O)[O-].[Fe+3]. The number of carbonyl (C=O) groups is 9. The number of ketones is 3. The van der Waals surface area contributed by atoms with E-state index in [9.17, 15) is 58.5 Å². The molecule has 46 heavy (non-hydrogen) atoms. The summed E-state index contributed by atoms with van der Waals surface area (Å²) in [7, 11) is 0. The molecule has 0 saturated heterocycles. The molecule has 257 valence electrons. The molecule has 3 atom stereocenters. The first-order chi connectivity index (χ1) is 20.6. The van der Waals surface area contributed by atoms with Gasteiger partial charge in [0.05, 0.1) is 55.5 Å². The van der Waals surface area contributed by atoms with E-state index >= 15 is 0 Å². The smallest absolute Gasteiger partial charge is 0.549 e. The Morgan fingerprint density at radius 2 is 0.630 bits per heavy atom. The van der Waals surface area contributed by atoms with Gasteiger partial charge < -0.3 is 43.9 Å². The van der Waals surface area contributed by atoms with E-state index in [1.165, 1.54) is 20.8 Å². The molecule has 0 spiro atoms. The molecule has 0 N–H and O–H groups in total. The van der Waals surface area contributed by atoms with Gasteiger partial charge in [0, 0.05) is 16.7 Å². The van der Waals surface area contributed by atoms with Gasteiger partial charge in [0.15, 0.2) is 0 Å². The third-order valence-electron chi connectivity index (χ3n) is 5.29. The molecule has 0 rings (SSSR count). The Morgan fingerprint density at radius 1 is 0.457 bits per heavy atom. The number of hydrogen-bond donors (Lipinski definition) is 0. The van der Waals surface area contributed by atoms with Crippen molar-refractivity contribution in [1.29, 1.82) is 0 Å². The second kappa shape index (κ2) is 25.9. The van der Waals surface area contributed by atoms with Gasteiger partial charge in [0.25, 0.3) is 0 Å². The zero-order valence-corrected chi connectivity index (χ0v) is 27.7. The van der Waals surface area contributed by atoms with E-state index in [-0.39, 0.29) is 72.9 Å². The van der Waals surface area contributed by atoms with Crippen LogP contribution in [0.15, 0.2) is 36.5 Å². The molecule has 0 saturated carbocycles. The summed E-state index contributed by atoms with van der Waals surface area (Å²) in [6.45, 7) is 17.5. The van der Waals surface area contributed by atoms with Crippen LogP contribution < -0.4 is 15.3 Å². The van der Waals surface area contributed by atoms with E-state index in [1.54, 1.807) is 0 Å². The summed E-state index contributed by atoms with van der Waals surface area (Å²) in [5, 5.41) is 31.4. The van der Waals surface area contributed by atoms with Crippen molar-refractivity contribution in [2.45, 2.75) is 60.8 Å². The van der Waals surface area contributed by atoms with Crippen molar-refractivity contribution in [3.8, 4) is 0 Å². The molecule has 0 fully saturated rings. The average Bonchev–Trinajstić information content (AvgIpc) is 2.90. The Kier molecular flexibility index (Phi) is 27.2. The monoisotopic (exact) mass is 695 g/mol. The Morgan fingerprint density at radius 3 is 0.739 bits per heavy atom. The van der Waals surface area contributed by atoms with Crippen molar-refractivity contribution in [2.24, 2.45) is 17.8 Å². The van der Waals surface area contributed by atoms with Crippen molar-refractivity contribution in [3.05, 3.63) is 36.5 Å². The summed E-state index contributed by atoms with van der Waals surface area (Å²) in [5.74, 6) is -11.4. The summed E-state index contributed by atoms with van der Waals surface area (Å²) >= 11 is 0. The molecular weight excluding hydrogens is 656 g/mol. The quantitative estimate of drug-likeness (QED) is 0.0512. The number of esters is 3. The van der Waals surface area contributed by atoms with Crippen molar-refractivity contribution in [1.82, 2.24) is 0 Å². The van der Waals surface area contributed by atoms with Gasteiger partial charge >= 0.3 is 35.0 Å². The molecule has 3 unspecified atom stereocenters. The zero-order chi connectivity index (χ0) is 36.0. The van der Waals surface area contributed by atoms with Crippen LogP contribution in [-0.4, -0.2) is 73.0 Å². The maximum absolute atomic E-state index is 10.9. The van der Waals surface area contributed by atoms with Crippen LogP contribution in [0, 0.1) is 17.8 Å². The predicted octanol–water partition coefficient (Wildman–Crippen LogP) is -1.65. The fourth-order valence-electron chi connectivity index (χ4n) is 2.64. The van der Waals surface area contributed by atoms with E-state index in [4.69, 9.17) is 0 Å². The summed E-state index contributed by atoms with van der Waals surface area (Å²) in [6.07, 6.45) is -0.218. The largest absolute Gasteiger partial charge is 3.00 e. The molecule has 1 radical (unpaired) electrons. The van der Waals surface area contributed by atoms with Gasteiger partial charge in [-0.2, -0.15) is 0 Å². The van der Waals surface area contributed by atoms with Crippen LogP contribution in [0.4, 0.5) is 0 Å². The minimum atomic E-state index is -1.45. The Labute approximate surface area is 277 Å². The van der Waals surface area contributed by atoms with Gasteiger partial charge in [0.2, 0.25) is 0 Å². The molecular formula is C30H39FeO15. The van der Waals surface area contributed by atoms with Gasteiger partial charge in [-0.3, -0.25) is 14.4 Å². The maximum Gasteiger partial charge on any atom is 3.00 e. The third kappa shape index (κ3) is 24.0. The first-order valence-electron chi connectivity index (χ1n) is 13.2. The van der Waals surface area contributed by atoms with Gasteiger partial charge in [0.1, 0.15) is 17.3 Å². The van der Waals surface area contributed by atoms with Crippen molar-refractivity contribution in [2.75, 3.05) is 19.8 Å². The van der Waals surface area contributed by atoms with Gasteiger partial charge in [-0.05, 0) is 60.8 Å². The first kappa shape index (κ1) is 48.5. The predicted molar refractivity (Wildman–Crippen MR) is 149 cm³/mol.